The highest BCUT2D eigenvalue weighted by atomic mass is 19.4. The first kappa shape index (κ1) is 23.1. The van der Waals surface area contributed by atoms with Crippen molar-refractivity contribution in [2.75, 3.05) is 12.3 Å². The Kier molecular flexibility index (Phi) is 5.40. The SMILES string of the molecule is C[C@H]1OCc2c1c(N)nc1ccc(C(=O)N(Cc3ccc(C(F)(F)F)cn3)CC3(C#N)CC3)cc21. The second-order valence-corrected chi connectivity index (χ2v) is 9.16. The minimum absolute atomic E-state index is 0.0172. The Morgan fingerprint density at radius 1 is 1.31 bits per heavy atom. The van der Waals surface area contributed by atoms with Crippen LogP contribution in [0.3, 0.4) is 0 Å². The molecule has 1 fully saturated rings. The molecule has 2 N–H and O–H groups in total. The van der Waals surface area contributed by atoms with E-state index < -0.39 is 17.2 Å². The van der Waals surface area contributed by atoms with E-state index in [2.05, 4.69) is 16.0 Å². The molecule has 10 heteroatoms. The van der Waals surface area contributed by atoms with Gasteiger partial charge in [-0.3, -0.25) is 9.78 Å². The second kappa shape index (κ2) is 8.20. The number of amides is 1. The number of carbonyl (C=O) groups is 1. The molecule has 0 radical (unpaired) electrons. The topological polar surface area (TPSA) is 105 Å². The third-order valence-corrected chi connectivity index (χ3v) is 6.67. The average molecular weight is 481 g/mol. The van der Waals surface area contributed by atoms with Gasteiger partial charge in [-0.05, 0) is 55.7 Å². The lowest BCUT2D eigenvalue weighted by molar-refractivity contribution is -0.137. The van der Waals surface area contributed by atoms with Gasteiger partial charge in [-0.15, -0.1) is 0 Å². The van der Waals surface area contributed by atoms with Gasteiger partial charge < -0.3 is 15.4 Å². The van der Waals surface area contributed by atoms with E-state index in [0.29, 0.717) is 42.0 Å². The fourth-order valence-corrected chi connectivity index (χ4v) is 4.48. The van der Waals surface area contributed by atoms with Crippen molar-refractivity contribution in [3.05, 3.63) is 64.5 Å². The molecule has 1 amide bonds. The molecular weight excluding hydrogens is 459 g/mol. The lowest BCUT2D eigenvalue weighted by atomic mass is 9.99. The van der Waals surface area contributed by atoms with E-state index in [1.165, 1.54) is 11.0 Å². The fourth-order valence-electron chi connectivity index (χ4n) is 4.48. The summed E-state index contributed by atoms with van der Waals surface area (Å²) in [5.74, 6) is 0.0592. The number of aromatic nitrogens is 2. The average Bonchev–Trinajstić information content (AvgIpc) is 3.49. The largest absolute Gasteiger partial charge is 0.417 e. The smallest absolute Gasteiger partial charge is 0.383 e. The molecule has 0 saturated heterocycles. The molecule has 35 heavy (non-hydrogen) atoms. The van der Waals surface area contributed by atoms with E-state index in [1.807, 2.05) is 6.92 Å². The zero-order chi connectivity index (χ0) is 25.0. The van der Waals surface area contributed by atoms with Gasteiger partial charge in [0.2, 0.25) is 0 Å². The van der Waals surface area contributed by atoms with Crippen molar-refractivity contribution in [2.24, 2.45) is 5.41 Å². The summed E-state index contributed by atoms with van der Waals surface area (Å²) in [7, 11) is 0. The number of fused-ring (bicyclic) bond motifs is 3. The molecular formula is C25H22F3N5O2. The van der Waals surface area contributed by atoms with Gasteiger partial charge >= 0.3 is 6.18 Å². The minimum Gasteiger partial charge on any atom is -0.383 e. The zero-order valence-electron chi connectivity index (χ0n) is 18.9. The Balaban J connectivity index is 1.49. The number of ether oxygens (including phenoxy) is 1. The summed E-state index contributed by atoms with van der Waals surface area (Å²) in [5.41, 5.74) is 7.65. The molecule has 2 aliphatic rings. The van der Waals surface area contributed by atoms with Crippen LogP contribution >= 0.6 is 0 Å². The number of nitriles is 1. The monoisotopic (exact) mass is 481 g/mol. The number of anilines is 1. The van der Waals surface area contributed by atoms with Crippen LogP contribution in [0, 0.1) is 16.7 Å². The summed E-state index contributed by atoms with van der Waals surface area (Å²) in [4.78, 5) is 23.5. The highest BCUT2D eigenvalue weighted by molar-refractivity contribution is 5.99. The van der Waals surface area contributed by atoms with E-state index in [4.69, 9.17) is 10.5 Å². The molecule has 1 aliphatic heterocycles. The molecule has 5 rings (SSSR count). The Labute approximate surface area is 199 Å². The summed E-state index contributed by atoms with van der Waals surface area (Å²) in [5, 5.41) is 10.3. The molecule has 0 unspecified atom stereocenters. The predicted molar refractivity (Wildman–Crippen MR) is 121 cm³/mol. The summed E-state index contributed by atoms with van der Waals surface area (Å²) in [6.07, 6.45) is -2.61. The lowest BCUT2D eigenvalue weighted by Crippen LogP contribution is -2.35. The lowest BCUT2D eigenvalue weighted by Gasteiger charge is -2.25. The number of hydrogen-bond donors (Lipinski definition) is 1. The number of nitrogen functional groups attached to an aromatic ring is 1. The highest BCUT2D eigenvalue weighted by Gasteiger charge is 2.45. The van der Waals surface area contributed by atoms with Crippen molar-refractivity contribution < 1.29 is 22.7 Å². The first-order valence-electron chi connectivity index (χ1n) is 11.2. The van der Waals surface area contributed by atoms with Gasteiger partial charge in [0.1, 0.15) is 5.82 Å². The van der Waals surface area contributed by atoms with Crippen molar-refractivity contribution >= 4 is 22.6 Å². The Morgan fingerprint density at radius 2 is 2.09 bits per heavy atom. The van der Waals surface area contributed by atoms with Crippen molar-refractivity contribution in [1.29, 1.82) is 5.26 Å². The molecule has 180 valence electrons. The number of alkyl halides is 3. The second-order valence-electron chi connectivity index (χ2n) is 9.16. The van der Waals surface area contributed by atoms with Crippen LogP contribution in [0.1, 0.15) is 58.6 Å². The van der Waals surface area contributed by atoms with Crippen LogP contribution in [0.2, 0.25) is 0 Å². The van der Waals surface area contributed by atoms with E-state index in [-0.39, 0.29) is 25.1 Å². The van der Waals surface area contributed by atoms with Gasteiger partial charge in [0.05, 0.1) is 47.5 Å². The molecule has 2 aromatic heterocycles. The molecule has 0 spiro atoms. The Hall–Kier alpha value is -3.71. The molecule has 3 aromatic rings. The zero-order valence-corrected chi connectivity index (χ0v) is 18.9. The molecule has 1 aliphatic carbocycles. The van der Waals surface area contributed by atoms with Crippen LogP contribution in [-0.2, 0) is 24.1 Å². The standard InChI is InChI=1S/C25H22F3N5O2/c1-14-21-19(11-35-14)18-8-15(2-5-20(18)32-22(21)30)23(34)33(13-24(12-29)6-7-24)10-17-4-3-16(9-31-17)25(26,27)28/h2-5,8-9,14H,6-7,10-11,13H2,1H3,(H2,30,32)/t14-/m1/s1. The summed E-state index contributed by atoms with van der Waals surface area (Å²) < 4.78 is 44.5. The maximum absolute atomic E-state index is 13.6. The summed E-state index contributed by atoms with van der Waals surface area (Å²) in [6, 6.07) is 9.57. The van der Waals surface area contributed by atoms with E-state index in [0.717, 1.165) is 28.8 Å². The van der Waals surface area contributed by atoms with Crippen molar-refractivity contribution in [2.45, 2.75) is 45.2 Å². The van der Waals surface area contributed by atoms with Crippen LogP contribution in [0.5, 0.6) is 0 Å². The predicted octanol–water partition coefficient (Wildman–Crippen LogP) is 4.77. The third-order valence-electron chi connectivity index (χ3n) is 6.67. The molecule has 7 nitrogen and oxygen atoms in total. The number of benzene rings is 1. The number of rotatable bonds is 5. The maximum atomic E-state index is 13.6. The highest BCUT2D eigenvalue weighted by Crippen LogP contribution is 2.46. The number of halogens is 3. The molecule has 1 saturated carbocycles. The summed E-state index contributed by atoms with van der Waals surface area (Å²) in [6.45, 7) is 2.40. The van der Waals surface area contributed by atoms with Gasteiger partial charge in [-0.2, -0.15) is 18.4 Å². The third kappa shape index (κ3) is 4.28. The number of hydrogen-bond acceptors (Lipinski definition) is 6. The van der Waals surface area contributed by atoms with Crippen LogP contribution in [0.15, 0.2) is 36.5 Å². The summed E-state index contributed by atoms with van der Waals surface area (Å²) >= 11 is 0. The molecule has 3 heterocycles. The first-order valence-corrected chi connectivity index (χ1v) is 11.2. The van der Waals surface area contributed by atoms with Crippen molar-refractivity contribution in [1.82, 2.24) is 14.9 Å². The Bertz CT molecular complexity index is 1360. The van der Waals surface area contributed by atoms with Gasteiger partial charge in [0, 0.05) is 29.3 Å². The molecule has 1 aromatic carbocycles. The van der Waals surface area contributed by atoms with Crippen LogP contribution in [-0.4, -0.2) is 27.3 Å². The van der Waals surface area contributed by atoms with Gasteiger partial charge in [0.15, 0.2) is 0 Å². The number of nitrogens with two attached hydrogens (primary N) is 1. The number of pyridine rings is 2. The quantitative estimate of drug-likeness (QED) is 0.563. The minimum atomic E-state index is -4.50. The van der Waals surface area contributed by atoms with Crippen molar-refractivity contribution in [3.8, 4) is 6.07 Å². The molecule has 0 bridgehead atoms. The van der Waals surface area contributed by atoms with Gasteiger partial charge in [0.25, 0.3) is 5.91 Å². The number of carbonyl (C=O) groups excluding carboxylic acids is 1. The molecule has 1 atom stereocenters. The normalized spacial score (nSPS) is 18.2. The first-order chi connectivity index (χ1) is 16.6. The van der Waals surface area contributed by atoms with Crippen LogP contribution in [0.4, 0.5) is 19.0 Å². The van der Waals surface area contributed by atoms with E-state index in [1.54, 1.807) is 18.2 Å². The van der Waals surface area contributed by atoms with Crippen LogP contribution < -0.4 is 5.73 Å². The van der Waals surface area contributed by atoms with Gasteiger partial charge in [-0.25, -0.2) is 4.98 Å². The number of nitrogens with zero attached hydrogens (tertiary/aromatic N) is 4. The van der Waals surface area contributed by atoms with E-state index in [9.17, 15) is 23.2 Å². The Morgan fingerprint density at radius 3 is 2.71 bits per heavy atom. The maximum Gasteiger partial charge on any atom is 0.417 e. The van der Waals surface area contributed by atoms with Crippen molar-refractivity contribution in [3.63, 3.8) is 0 Å². The van der Waals surface area contributed by atoms with Crippen LogP contribution in [0.25, 0.3) is 10.9 Å². The van der Waals surface area contributed by atoms with Gasteiger partial charge in [-0.1, -0.05) is 0 Å². The fraction of sp³-hybridized carbons (Fsp3) is 0.360. The van der Waals surface area contributed by atoms with E-state index >= 15 is 0 Å².